The standard InChI is InChI=1S/C29H32F2N2O2/c30-26-12-8-23(9-13-26)28(34)7-4-16-32-17-19-33(20-18-32)21-22-35-29(24-5-2-1-3-6-24)25-10-14-27(31)15-11-25/h1-3,5-6,8-15,29H,4,7,16-22H2. The predicted molar refractivity (Wildman–Crippen MR) is 133 cm³/mol. The van der Waals surface area contributed by atoms with Gasteiger partial charge in [-0.05, 0) is 60.5 Å². The van der Waals surface area contributed by atoms with Gasteiger partial charge in [-0.3, -0.25) is 9.69 Å². The fraction of sp³-hybridized carbons (Fsp3) is 0.345. The minimum atomic E-state index is -0.323. The Morgan fingerprint density at radius 3 is 1.91 bits per heavy atom. The number of hydrogen-bond acceptors (Lipinski definition) is 4. The summed E-state index contributed by atoms with van der Waals surface area (Å²) in [5.74, 6) is -0.510. The van der Waals surface area contributed by atoms with Gasteiger partial charge in [0.25, 0.3) is 0 Å². The van der Waals surface area contributed by atoms with Gasteiger partial charge in [-0.1, -0.05) is 42.5 Å². The van der Waals surface area contributed by atoms with Crippen molar-refractivity contribution in [2.45, 2.75) is 18.9 Å². The van der Waals surface area contributed by atoms with Crippen LogP contribution in [0, 0.1) is 11.6 Å². The number of halogens is 2. The molecule has 0 radical (unpaired) electrons. The Labute approximate surface area is 206 Å². The molecule has 0 aliphatic carbocycles. The first kappa shape index (κ1) is 25.2. The Morgan fingerprint density at radius 1 is 0.743 bits per heavy atom. The Morgan fingerprint density at radius 2 is 1.29 bits per heavy atom. The molecule has 1 aliphatic rings. The topological polar surface area (TPSA) is 32.8 Å². The number of ketones is 1. The Hall–Kier alpha value is -2.93. The van der Waals surface area contributed by atoms with Gasteiger partial charge < -0.3 is 9.64 Å². The molecule has 3 aromatic rings. The van der Waals surface area contributed by atoms with Crippen LogP contribution < -0.4 is 0 Å². The van der Waals surface area contributed by atoms with Gasteiger partial charge in [0.05, 0.1) is 6.61 Å². The summed E-state index contributed by atoms with van der Waals surface area (Å²) < 4.78 is 32.7. The molecule has 4 rings (SSSR count). The SMILES string of the molecule is O=C(CCCN1CCN(CCOC(c2ccccc2)c2ccc(F)cc2)CC1)c1ccc(F)cc1. The van der Waals surface area contributed by atoms with Crippen molar-refractivity contribution in [1.29, 1.82) is 0 Å². The number of carbonyl (C=O) groups is 1. The maximum absolute atomic E-state index is 13.4. The molecule has 1 fully saturated rings. The van der Waals surface area contributed by atoms with Crippen molar-refractivity contribution in [2.75, 3.05) is 45.9 Å². The smallest absolute Gasteiger partial charge is 0.162 e. The zero-order chi connectivity index (χ0) is 24.5. The van der Waals surface area contributed by atoms with Gasteiger partial charge >= 0.3 is 0 Å². The number of piperazine rings is 1. The Bertz CT molecular complexity index is 1050. The quantitative estimate of drug-likeness (QED) is 0.348. The van der Waals surface area contributed by atoms with Crippen LogP contribution in [0.15, 0.2) is 78.9 Å². The Kier molecular flexibility index (Phi) is 9.12. The second kappa shape index (κ2) is 12.7. The fourth-order valence-electron chi connectivity index (χ4n) is 4.43. The summed E-state index contributed by atoms with van der Waals surface area (Å²) in [7, 11) is 0. The van der Waals surface area contributed by atoms with E-state index in [0.717, 1.165) is 56.8 Å². The van der Waals surface area contributed by atoms with Crippen molar-refractivity contribution < 1.29 is 18.3 Å². The highest BCUT2D eigenvalue weighted by molar-refractivity contribution is 5.95. The van der Waals surface area contributed by atoms with Crippen LogP contribution in [0.1, 0.15) is 40.4 Å². The minimum Gasteiger partial charge on any atom is -0.367 e. The molecule has 0 aromatic heterocycles. The van der Waals surface area contributed by atoms with E-state index < -0.39 is 0 Å². The van der Waals surface area contributed by atoms with Crippen LogP contribution in [-0.2, 0) is 4.74 Å². The van der Waals surface area contributed by atoms with E-state index in [1.54, 1.807) is 24.3 Å². The molecule has 0 spiro atoms. The number of nitrogens with zero attached hydrogens (tertiary/aromatic N) is 2. The normalized spacial score (nSPS) is 15.7. The van der Waals surface area contributed by atoms with Crippen LogP contribution in [0.25, 0.3) is 0 Å². The number of carbonyl (C=O) groups excluding carboxylic acids is 1. The van der Waals surface area contributed by atoms with E-state index in [-0.39, 0.29) is 23.5 Å². The molecule has 6 heteroatoms. The summed E-state index contributed by atoms with van der Waals surface area (Å²) in [5, 5.41) is 0. The van der Waals surface area contributed by atoms with Crippen LogP contribution in [0.5, 0.6) is 0 Å². The van der Waals surface area contributed by atoms with Crippen molar-refractivity contribution in [3.8, 4) is 0 Å². The van der Waals surface area contributed by atoms with Gasteiger partial charge in [0.1, 0.15) is 17.7 Å². The third kappa shape index (κ3) is 7.52. The van der Waals surface area contributed by atoms with Crippen molar-refractivity contribution in [3.05, 3.63) is 107 Å². The molecule has 0 amide bonds. The lowest BCUT2D eigenvalue weighted by Crippen LogP contribution is -2.47. The molecule has 0 saturated carbocycles. The van der Waals surface area contributed by atoms with E-state index in [1.165, 1.54) is 24.3 Å². The van der Waals surface area contributed by atoms with Crippen LogP contribution >= 0.6 is 0 Å². The van der Waals surface area contributed by atoms with E-state index in [1.807, 2.05) is 30.3 Å². The molecule has 1 saturated heterocycles. The lowest BCUT2D eigenvalue weighted by atomic mass is 10.0. The molecule has 35 heavy (non-hydrogen) atoms. The average Bonchev–Trinajstić information content (AvgIpc) is 2.89. The maximum Gasteiger partial charge on any atom is 0.162 e. The zero-order valence-electron chi connectivity index (χ0n) is 19.9. The van der Waals surface area contributed by atoms with Crippen molar-refractivity contribution in [3.63, 3.8) is 0 Å². The van der Waals surface area contributed by atoms with E-state index in [9.17, 15) is 13.6 Å². The summed E-state index contributed by atoms with van der Waals surface area (Å²) in [4.78, 5) is 17.0. The van der Waals surface area contributed by atoms with Crippen LogP contribution in [0.2, 0.25) is 0 Å². The summed E-state index contributed by atoms with van der Waals surface area (Å²) in [6.07, 6.45) is 1.05. The van der Waals surface area contributed by atoms with Crippen LogP contribution in [0.4, 0.5) is 8.78 Å². The second-order valence-electron chi connectivity index (χ2n) is 8.93. The summed E-state index contributed by atoms with van der Waals surface area (Å²) in [6.45, 7) is 6.15. The first-order valence-electron chi connectivity index (χ1n) is 12.2. The number of hydrogen-bond donors (Lipinski definition) is 0. The van der Waals surface area contributed by atoms with E-state index >= 15 is 0 Å². The van der Waals surface area contributed by atoms with Crippen molar-refractivity contribution in [2.24, 2.45) is 0 Å². The third-order valence-electron chi connectivity index (χ3n) is 6.48. The molecular formula is C29H32F2N2O2. The molecule has 1 aliphatic heterocycles. The molecule has 0 N–H and O–H groups in total. The largest absolute Gasteiger partial charge is 0.367 e. The van der Waals surface area contributed by atoms with Crippen LogP contribution in [0.3, 0.4) is 0 Å². The number of rotatable bonds is 11. The van der Waals surface area contributed by atoms with Gasteiger partial charge in [-0.15, -0.1) is 0 Å². The molecular weight excluding hydrogens is 446 g/mol. The van der Waals surface area contributed by atoms with E-state index in [2.05, 4.69) is 9.80 Å². The van der Waals surface area contributed by atoms with Gasteiger partial charge in [-0.25, -0.2) is 8.78 Å². The highest BCUT2D eigenvalue weighted by Crippen LogP contribution is 2.26. The molecule has 3 aromatic carbocycles. The van der Waals surface area contributed by atoms with Crippen molar-refractivity contribution in [1.82, 2.24) is 9.80 Å². The first-order chi connectivity index (χ1) is 17.1. The first-order valence-corrected chi connectivity index (χ1v) is 12.2. The number of Topliss-reactive ketones (excluding diaryl/α,β-unsaturated/α-hetero) is 1. The van der Waals surface area contributed by atoms with Crippen molar-refractivity contribution >= 4 is 5.78 Å². The molecule has 184 valence electrons. The lowest BCUT2D eigenvalue weighted by Gasteiger charge is -2.34. The van der Waals surface area contributed by atoms with E-state index in [0.29, 0.717) is 18.6 Å². The maximum atomic E-state index is 13.4. The highest BCUT2D eigenvalue weighted by Gasteiger charge is 2.19. The summed E-state index contributed by atoms with van der Waals surface area (Å²) in [5.41, 5.74) is 2.57. The zero-order valence-corrected chi connectivity index (χ0v) is 19.9. The monoisotopic (exact) mass is 478 g/mol. The Balaban J connectivity index is 1.18. The van der Waals surface area contributed by atoms with E-state index in [4.69, 9.17) is 4.74 Å². The lowest BCUT2D eigenvalue weighted by molar-refractivity contribution is 0.0450. The van der Waals surface area contributed by atoms with Gasteiger partial charge in [0, 0.05) is 44.7 Å². The minimum absolute atomic E-state index is 0.0647. The third-order valence-corrected chi connectivity index (χ3v) is 6.48. The molecule has 0 bridgehead atoms. The van der Waals surface area contributed by atoms with Gasteiger partial charge in [0.2, 0.25) is 0 Å². The molecule has 1 atom stereocenters. The molecule has 1 unspecified atom stereocenters. The molecule has 1 heterocycles. The fourth-order valence-corrected chi connectivity index (χ4v) is 4.43. The highest BCUT2D eigenvalue weighted by atomic mass is 19.1. The van der Waals surface area contributed by atoms with Gasteiger partial charge in [-0.2, -0.15) is 0 Å². The molecule has 4 nitrogen and oxygen atoms in total. The summed E-state index contributed by atoms with van der Waals surface area (Å²) in [6, 6.07) is 22.3. The van der Waals surface area contributed by atoms with Gasteiger partial charge in [0.15, 0.2) is 5.78 Å². The van der Waals surface area contributed by atoms with Crippen LogP contribution in [-0.4, -0.2) is 61.5 Å². The second-order valence-corrected chi connectivity index (χ2v) is 8.93. The average molecular weight is 479 g/mol. The summed E-state index contributed by atoms with van der Waals surface area (Å²) >= 11 is 0. The predicted octanol–water partition coefficient (Wildman–Crippen LogP) is 5.35. The number of ether oxygens (including phenoxy) is 1. The number of benzene rings is 3.